The minimum Gasteiger partial charge on any atom is -0.468 e. The van der Waals surface area contributed by atoms with Crippen molar-refractivity contribution in [1.29, 1.82) is 0 Å². The molecule has 2 fully saturated rings. The maximum atomic E-state index is 11.6. The number of ether oxygens (including phenoxy) is 1. The average molecular weight is 243 g/mol. The molecule has 0 aromatic carbocycles. The van der Waals surface area contributed by atoms with Gasteiger partial charge in [-0.05, 0) is 25.5 Å². The van der Waals surface area contributed by atoms with Crippen LogP contribution in [0.2, 0.25) is 0 Å². The van der Waals surface area contributed by atoms with Crippen LogP contribution in [0.3, 0.4) is 0 Å². The molecule has 0 spiro atoms. The zero-order valence-electron chi connectivity index (χ0n) is 10.1. The minimum absolute atomic E-state index is 0.0442. The SMILES string of the molecule is COC(=O)C1CCN1C1CCCCC1SC. The van der Waals surface area contributed by atoms with Gasteiger partial charge >= 0.3 is 5.97 Å². The van der Waals surface area contributed by atoms with E-state index >= 15 is 0 Å². The number of hydrogen-bond donors (Lipinski definition) is 0. The zero-order valence-corrected chi connectivity index (χ0v) is 11.0. The van der Waals surface area contributed by atoms with Crippen LogP contribution in [0.25, 0.3) is 0 Å². The van der Waals surface area contributed by atoms with Crippen LogP contribution in [0.1, 0.15) is 32.1 Å². The van der Waals surface area contributed by atoms with Crippen molar-refractivity contribution in [3.63, 3.8) is 0 Å². The second kappa shape index (κ2) is 5.41. The molecule has 0 radical (unpaired) electrons. The standard InChI is InChI=1S/C12H21NO2S/c1-15-12(14)10-7-8-13(10)9-5-3-4-6-11(9)16-2/h9-11H,3-8H2,1-2H3. The number of methoxy groups -OCH3 is 1. The highest BCUT2D eigenvalue weighted by Crippen LogP contribution is 2.35. The third-order valence-electron chi connectivity index (χ3n) is 3.93. The lowest BCUT2D eigenvalue weighted by Crippen LogP contribution is -2.60. The van der Waals surface area contributed by atoms with Crippen LogP contribution in [0, 0.1) is 0 Å². The number of likely N-dealkylation sites (tertiary alicyclic amines) is 1. The summed E-state index contributed by atoms with van der Waals surface area (Å²) < 4.78 is 4.86. The van der Waals surface area contributed by atoms with Gasteiger partial charge < -0.3 is 4.74 Å². The fourth-order valence-corrected chi connectivity index (χ4v) is 3.93. The monoisotopic (exact) mass is 243 g/mol. The fraction of sp³-hybridized carbons (Fsp3) is 0.917. The Bertz CT molecular complexity index is 259. The van der Waals surface area contributed by atoms with Crippen molar-refractivity contribution in [3.8, 4) is 0 Å². The second-order valence-corrected chi connectivity index (χ2v) is 5.77. The predicted molar refractivity (Wildman–Crippen MR) is 66.7 cm³/mol. The van der Waals surface area contributed by atoms with Crippen LogP contribution < -0.4 is 0 Å². The largest absolute Gasteiger partial charge is 0.468 e. The summed E-state index contributed by atoms with van der Waals surface area (Å²) in [6.45, 7) is 1.07. The molecule has 1 saturated carbocycles. The molecule has 2 aliphatic rings. The summed E-state index contributed by atoms with van der Waals surface area (Å²) in [5.74, 6) is -0.0447. The summed E-state index contributed by atoms with van der Waals surface area (Å²) in [4.78, 5) is 13.9. The molecule has 1 saturated heterocycles. The van der Waals surface area contributed by atoms with E-state index < -0.39 is 0 Å². The van der Waals surface area contributed by atoms with E-state index in [1.54, 1.807) is 0 Å². The van der Waals surface area contributed by atoms with Crippen molar-refractivity contribution >= 4 is 17.7 Å². The molecule has 1 heterocycles. The third kappa shape index (κ3) is 2.23. The van der Waals surface area contributed by atoms with Gasteiger partial charge in [-0.3, -0.25) is 9.69 Å². The van der Waals surface area contributed by atoms with Gasteiger partial charge in [0, 0.05) is 17.8 Å². The number of hydrogen-bond acceptors (Lipinski definition) is 4. The summed E-state index contributed by atoms with van der Waals surface area (Å²) in [5.41, 5.74) is 0. The van der Waals surface area contributed by atoms with Crippen LogP contribution in [0.5, 0.6) is 0 Å². The van der Waals surface area contributed by atoms with Crippen molar-refractivity contribution in [2.75, 3.05) is 19.9 Å². The van der Waals surface area contributed by atoms with E-state index in [1.807, 2.05) is 11.8 Å². The lowest BCUT2D eigenvalue weighted by atomic mass is 9.89. The molecular formula is C12H21NO2S. The Morgan fingerprint density at radius 2 is 2.06 bits per heavy atom. The third-order valence-corrected chi connectivity index (χ3v) is 5.09. The van der Waals surface area contributed by atoms with Crippen LogP contribution >= 0.6 is 11.8 Å². The molecule has 0 aromatic heterocycles. The highest BCUT2D eigenvalue weighted by atomic mass is 32.2. The second-order valence-electron chi connectivity index (χ2n) is 4.69. The van der Waals surface area contributed by atoms with Crippen LogP contribution in [0.4, 0.5) is 0 Å². The summed E-state index contributed by atoms with van der Waals surface area (Å²) >= 11 is 1.96. The average Bonchev–Trinajstić information content (AvgIpc) is 2.28. The first-order valence-corrected chi connectivity index (χ1v) is 7.43. The fourth-order valence-electron chi connectivity index (χ4n) is 2.93. The summed E-state index contributed by atoms with van der Waals surface area (Å²) in [6, 6.07) is 0.643. The Morgan fingerprint density at radius 3 is 2.62 bits per heavy atom. The molecule has 3 nitrogen and oxygen atoms in total. The van der Waals surface area contributed by atoms with Crippen LogP contribution in [-0.2, 0) is 9.53 Å². The number of carbonyl (C=O) groups excluding carboxylic acids is 1. The van der Waals surface area contributed by atoms with E-state index in [2.05, 4.69) is 11.2 Å². The molecule has 0 bridgehead atoms. The van der Waals surface area contributed by atoms with E-state index in [4.69, 9.17) is 4.74 Å². The molecule has 92 valence electrons. The molecule has 3 atom stereocenters. The number of nitrogens with zero attached hydrogens (tertiary/aromatic N) is 1. The first-order chi connectivity index (χ1) is 7.77. The minimum atomic E-state index is -0.0447. The van der Waals surface area contributed by atoms with Gasteiger partial charge in [-0.1, -0.05) is 12.8 Å². The summed E-state index contributed by atoms with van der Waals surface area (Å²) in [6.07, 6.45) is 8.38. The summed E-state index contributed by atoms with van der Waals surface area (Å²) in [7, 11) is 1.49. The number of esters is 1. The molecule has 3 unspecified atom stereocenters. The maximum Gasteiger partial charge on any atom is 0.323 e. The van der Waals surface area contributed by atoms with Crippen LogP contribution in [0.15, 0.2) is 0 Å². The van der Waals surface area contributed by atoms with Crippen molar-refractivity contribution in [2.24, 2.45) is 0 Å². The molecule has 0 N–H and O–H groups in total. The Balaban J connectivity index is 1.97. The molecule has 0 aromatic rings. The van der Waals surface area contributed by atoms with E-state index in [0.717, 1.165) is 13.0 Å². The maximum absolute atomic E-state index is 11.6. The van der Waals surface area contributed by atoms with Gasteiger partial charge in [0.25, 0.3) is 0 Å². The zero-order chi connectivity index (χ0) is 11.5. The van der Waals surface area contributed by atoms with E-state index in [0.29, 0.717) is 11.3 Å². The number of rotatable bonds is 3. The molecule has 1 aliphatic carbocycles. The quantitative estimate of drug-likeness (QED) is 0.708. The first-order valence-electron chi connectivity index (χ1n) is 6.14. The normalized spacial score (nSPS) is 35.5. The van der Waals surface area contributed by atoms with E-state index in [1.165, 1.54) is 32.8 Å². The van der Waals surface area contributed by atoms with Gasteiger partial charge in [0.1, 0.15) is 6.04 Å². The first kappa shape index (κ1) is 12.2. The van der Waals surface area contributed by atoms with Crippen molar-refractivity contribution in [1.82, 2.24) is 4.90 Å². The van der Waals surface area contributed by atoms with Gasteiger partial charge in [0.2, 0.25) is 0 Å². The molecule has 16 heavy (non-hydrogen) atoms. The van der Waals surface area contributed by atoms with Crippen molar-refractivity contribution in [2.45, 2.75) is 49.4 Å². The van der Waals surface area contributed by atoms with Gasteiger partial charge in [-0.25, -0.2) is 0 Å². The van der Waals surface area contributed by atoms with Gasteiger partial charge in [-0.2, -0.15) is 11.8 Å². The van der Waals surface area contributed by atoms with E-state index in [-0.39, 0.29) is 12.0 Å². The lowest BCUT2D eigenvalue weighted by Gasteiger charge is -2.48. The predicted octanol–water partition coefficient (Wildman–Crippen LogP) is 1.91. The van der Waals surface area contributed by atoms with Gasteiger partial charge in [0.05, 0.1) is 7.11 Å². The Kier molecular flexibility index (Phi) is 4.14. The van der Waals surface area contributed by atoms with E-state index in [9.17, 15) is 4.79 Å². The topological polar surface area (TPSA) is 29.5 Å². The summed E-state index contributed by atoms with van der Waals surface area (Å²) in [5, 5.41) is 0.709. The lowest BCUT2D eigenvalue weighted by molar-refractivity contribution is -0.154. The Labute approximate surface area is 102 Å². The number of thioether (sulfide) groups is 1. The smallest absolute Gasteiger partial charge is 0.323 e. The highest BCUT2D eigenvalue weighted by molar-refractivity contribution is 7.99. The van der Waals surface area contributed by atoms with Crippen molar-refractivity contribution < 1.29 is 9.53 Å². The highest BCUT2D eigenvalue weighted by Gasteiger charge is 2.42. The van der Waals surface area contributed by atoms with Crippen molar-refractivity contribution in [3.05, 3.63) is 0 Å². The molecule has 4 heteroatoms. The molecule has 2 rings (SSSR count). The Hall–Kier alpha value is -0.220. The van der Waals surface area contributed by atoms with Crippen LogP contribution in [-0.4, -0.2) is 48.1 Å². The molecular weight excluding hydrogens is 222 g/mol. The number of carbonyl (C=O) groups is 1. The van der Waals surface area contributed by atoms with Gasteiger partial charge in [0.15, 0.2) is 0 Å². The molecule has 0 amide bonds. The molecule has 1 aliphatic heterocycles. The Morgan fingerprint density at radius 1 is 1.31 bits per heavy atom. The van der Waals surface area contributed by atoms with Gasteiger partial charge in [-0.15, -0.1) is 0 Å².